The molecule has 2 rings (SSSR count). The van der Waals surface area contributed by atoms with Crippen molar-refractivity contribution in [1.82, 2.24) is 9.80 Å². The molecule has 1 saturated heterocycles. The number of anilines is 1. The van der Waals surface area contributed by atoms with Gasteiger partial charge in [-0.15, -0.1) is 0 Å². The Balaban J connectivity index is 1.88. The molecule has 1 fully saturated rings. The van der Waals surface area contributed by atoms with Gasteiger partial charge in [-0.3, -0.25) is 4.79 Å². The molecule has 1 aromatic carbocycles. The van der Waals surface area contributed by atoms with Crippen LogP contribution in [0.25, 0.3) is 0 Å². The lowest BCUT2D eigenvalue weighted by Gasteiger charge is -2.32. The van der Waals surface area contributed by atoms with Crippen molar-refractivity contribution in [3.63, 3.8) is 0 Å². The maximum Gasteiger partial charge on any atom is 0.241 e. The highest BCUT2D eigenvalue weighted by Gasteiger charge is 2.19. The van der Waals surface area contributed by atoms with Crippen molar-refractivity contribution < 1.29 is 13.6 Å². The van der Waals surface area contributed by atoms with Gasteiger partial charge in [-0.05, 0) is 19.2 Å². The second-order valence-corrected chi connectivity index (χ2v) is 4.64. The van der Waals surface area contributed by atoms with Crippen molar-refractivity contribution in [2.75, 3.05) is 45.1 Å². The van der Waals surface area contributed by atoms with Crippen LogP contribution in [0, 0.1) is 11.6 Å². The van der Waals surface area contributed by atoms with Gasteiger partial charge in [0, 0.05) is 26.2 Å². The fraction of sp³-hybridized carbons (Fsp3) is 0.462. The number of amides is 1. The molecule has 0 atom stereocenters. The van der Waals surface area contributed by atoms with Crippen LogP contribution in [0.1, 0.15) is 0 Å². The molecule has 19 heavy (non-hydrogen) atoms. The standard InChI is InChI=1S/C13H17F2N3O/c1-17-5-7-18(8-6-17)12(19)9-16-11-4-2-3-10(14)13(11)15/h2-4,16H,5-9H2,1H3. The van der Waals surface area contributed by atoms with Crippen molar-refractivity contribution in [1.29, 1.82) is 0 Å². The summed E-state index contributed by atoms with van der Waals surface area (Å²) in [6.45, 7) is 2.98. The summed E-state index contributed by atoms with van der Waals surface area (Å²) < 4.78 is 26.4. The van der Waals surface area contributed by atoms with E-state index in [-0.39, 0.29) is 18.1 Å². The summed E-state index contributed by atoms with van der Waals surface area (Å²) in [5.74, 6) is -1.97. The molecule has 1 aliphatic rings. The molecule has 0 aliphatic carbocycles. The third-order valence-corrected chi connectivity index (χ3v) is 3.24. The fourth-order valence-corrected chi connectivity index (χ4v) is 1.98. The molecule has 0 bridgehead atoms. The molecule has 1 amide bonds. The fourth-order valence-electron chi connectivity index (χ4n) is 1.98. The highest BCUT2D eigenvalue weighted by Crippen LogP contribution is 2.16. The van der Waals surface area contributed by atoms with Crippen LogP contribution in [-0.4, -0.2) is 55.5 Å². The molecule has 0 aromatic heterocycles. The van der Waals surface area contributed by atoms with E-state index < -0.39 is 11.6 Å². The number of hydrogen-bond acceptors (Lipinski definition) is 3. The van der Waals surface area contributed by atoms with E-state index in [4.69, 9.17) is 0 Å². The number of nitrogens with zero attached hydrogens (tertiary/aromatic N) is 2. The zero-order valence-electron chi connectivity index (χ0n) is 10.8. The smallest absolute Gasteiger partial charge is 0.241 e. The van der Waals surface area contributed by atoms with Gasteiger partial charge in [-0.1, -0.05) is 6.07 Å². The monoisotopic (exact) mass is 269 g/mol. The summed E-state index contributed by atoms with van der Waals surface area (Å²) >= 11 is 0. The first-order valence-corrected chi connectivity index (χ1v) is 6.22. The number of hydrogen-bond donors (Lipinski definition) is 1. The minimum Gasteiger partial charge on any atom is -0.374 e. The molecule has 1 aromatic rings. The minimum absolute atomic E-state index is 0.0162. The molecule has 1 aliphatic heterocycles. The van der Waals surface area contributed by atoms with Gasteiger partial charge in [0.1, 0.15) is 0 Å². The lowest BCUT2D eigenvalue weighted by Crippen LogP contribution is -2.48. The van der Waals surface area contributed by atoms with Gasteiger partial charge in [0.15, 0.2) is 11.6 Å². The van der Waals surface area contributed by atoms with E-state index >= 15 is 0 Å². The first kappa shape index (κ1) is 13.7. The first-order chi connectivity index (χ1) is 9.08. The largest absolute Gasteiger partial charge is 0.374 e. The van der Waals surface area contributed by atoms with Crippen LogP contribution in [0.3, 0.4) is 0 Å². The van der Waals surface area contributed by atoms with Gasteiger partial charge in [-0.2, -0.15) is 0 Å². The van der Waals surface area contributed by atoms with E-state index in [2.05, 4.69) is 10.2 Å². The van der Waals surface area contributed by atoms with E-state index in [0.29, 0.717) is 13.1 Å². The Bertz CT molecular complexity index is 459. The number of benzene rings is 1. The first-order valence-electron chi connectivity index (χ1n) is 6.22. The van der Waals surface area contributed by atoms with Crippen molar-refractivity contribution in [3.05, 3.63) is 29.8 Å². The Kier molecular flexibility index (Phi) is 4.31. The third kappa shape index (κ3) is 3.41. The van der Waals surface area contributed by atoms with Crippen LogP contribution in [0.5, 0.6) is 0 Å². The molecular formula is C13H17F2N3O. The molecule has 0 unspecified atom stereocenters. The van der Waals surface area contributed by atoms with Crippen molar-refractivity contribution in [2.24, 2.45) is 0 Å². The van der Waals surface area contributed by atoms with E-state index in [1.165, 1.54) is 12.1 Å². The molecule has 1 N–H and O–H groups in total. The summed E-state index contributed by atoms with van der Waals surface area (Å²) in [4.78, 5) is 15.8. The van der Waals surface area contributed by atoms with Crippen LogP contribution in [0.2, 0.25) is 0 Å². The molecule has 1 heterocycles. The predicted octanol–water partition coefficient (Wildman–Crippen LogP) is 1.15. The molecular weight excluding hydrogens is 252 g/mol. The number of carbonyl (C=O) groups is 1. The summed E-state index contributed by atoms with van der Waals surface area (Å²) in [5, 5.41) is 2.64. The maximum atomic E-state index is 13.4. The molecule has 104 valence electrons. The van der Waals surface area contributed by atoms with Gasteiger partial charge in [0.2, 0.25) is 5.91 Å². The molecule has 0 saturated carbocycles. The highest BCUT2D eigenvalue weighted by atomic mass is 19.2. The zero-order chi connectivity index (χ0) is 13.8. The van der Waals surface area contributed by atoms with Crippen molar-refractivity contribution >= 4 is 11.6 Å². The Hall–Kier alpha value is -1.69. The lowest BCUT2D eigenvalue weighted by molar-refractivity contribution is -0.130. The Morgan fingerprint density at radius 2 is 1.95 bits per heavy atom. The van der Waals surface area contributed by atoms with Crippen LogP contribution >= 0.6 is 0 Å². The van der Waals surface area contributed by atoms with Gasteiger partial charge < -0.3 is 15.1 Å². The molecule has 0 spiro atoms. The summed E-state index contributed by atoms with van der Waals surface area (Å²) in [7, 11) is 2.00. The number of rotatable bonds is 3. The second kappa shape index (κ2) is 5.97. The van der Waals surface area contributed by atoms with Crippen LogP contribution in [0.15, 0.2) is 18.2 Å². The quantitative estimate of drug-likeness (QED) is 0.894. The number of likely N-dealkylation sites (N-methyl/N-ethyl adjacent to an activating group) is 1. The van der Waals surface area contributed by atoms with E-state index in [1.807, 2.05) is 7.05 Å². The predicted molar refractivity (Wildman–Crippen MR) is 68.9 cm³/mol. The van der Waals surface area contributed by atoms with Crippen LogP contribution in [0.4, 0.5) is 14.5 Å². The van der Waals surface area contributed by atoms with Gasteiger partial charge in [0.25, 0.3) is 0 Å². The van der Waals surface area contributed by atoms with Gasteiger partial charge in [-0.25, -0.2) is 8.78 Å². The second-order valence-electron chi connectivity index (χ2n) is 4.64. The third-order valence-electron chi connectivity index (χ3n) is 3.24. The number of halogens is 2. The van der Waals surface area contributed by atoms with Gasteiger partial charge in [0.05, 0.1) is 12.2 Å². The minimum atomic E-state index is -0.950. The summed E-state index contributed by atoms with van der Waals surface area (Å²) in [6, 6.07) is 3.86. The van der Waals surface area contributed by atoms with Gasteiger partial charge >= 0.3 is 0 Å². The van der Waals surface area contributed by atoms with E-state index in [0.717, 1.165) is 19.2 Å². The highest BCUT2D eigenvalue weighted by molar-refractivity contribution is 5.81. The number of carbonyl (C=O) groups excluding carboxylic acids is 1. The molecule has 0 radical (unpaired) electrons. The van der Waals surface area contributed by atoms with Crippen molar-refractivity contribution in [2.45, 2.75) is 0 Å². The van der Waals surface area contributed by atoms with Crippen LogP contribution < -0.4 is 5.32 Å². The average Bonchev–Trinajstić information content (AvgIpc) is 2.41. The number of nitrogens with one attached hydrogen (secondary N) is 1. The Labute approximate surface area is 111 Å². The zero-order valence-corrected chi connectivity index (χ0v) is 10.8. The molecule has 6 heteroatoms. The van der Waals surface area contributed by atoms with E-state index in [1.54, 1.807) is 4.90 Å². The SMILES string of the molecule is CN1CCN(C(=O)CNc2cccc(F)c2F)CC1. The Morgan fingerprint density at radius 1 is 1.26 bits per heavy atom. The van der Waals surface area contributed by atoms with E-state index in [9.17, 15) is 13.6 Å². The lowest BCUT2D eigenvalue weighted by atomic mass is 10.3. The Morgan fingerprint density at radius 3 is 2.63 bits per heavy atom. The number of piperazine rings is 1. The summed E-state index contributed by atoms with van der Waals surface area (Å²) in [6.07, 6.45) is 0. The topological polar surface area (TPSA) is 35.6 Å². The van der Waals surface area contributed by atoms with Crippen molar-refractivity contribution in [3.8, 4) is 0 Å². The summed E-state index contributed by atoms with van der Waals surface area (Å²) in [5.41, 5.74) is 0.0162. The normalized spacial score (nSPS) is 16.5. The van der Waals surface area contributed by atoms with Crippen LogP contribution in [-0.2, 0) is 4.79 Å². The molecule has 4 nitrogen and oxygen atoms in total. The maximum absolute atomic E-state index is 13.4. The average molecular weight is 269 g/mol.